The highest BCUT2D eigenvalue weighted by Crippen LogP contribution is 2.35. The number of benzene rings is 2. The van der Waals surface area contributed by atoms with Crippen molar-refractivity contribution in [1.29, 1.82) is 0 Å². The summed E-state index contributed by atoms with van der Waals surface area (Å²) in [7, 11) is 0. The molecule has 7 heteroatoms. The van der Waals surface area contributed by atoms with Gasteiger partial charge in [0.1, 0.15) is 17.9 Å². The number of hydrogen-bond donors (Lipinski definition) is 2. The average molecular weight is 397 g/mol. The number of aryl methyl sites for hydroxylation is 1. The zero-order chi connectivity index (χ0) is 21.2. The van der Waals surface area contributed by atoms with E-state index in [-0.39, 0.29) is 11.6 Å². The Balaban J connectivity index is 1.81. The fourth-order valence-corrected chi connectivity index (χ4v) is 3.57. The maximum absolute atomic E-state index is 13.7. The van der Waals surface area contributed by atoms with Gasteiger partial charge in [-0.25, -0.2) is 9.18 Å². The third-order valence-corrected chi connectivity index (χ3v) is 4.91. The first kappa shape index (κ1) is 20.5. The third-order valence-electron chi connectivity index (χ3n) is 4.91. The zero-order valence-corrected chi connectivity index (χ0v) is 16.7. The number of carbonyl (C=O) groups excluding carboxylic acids is 3. The molecular formula is C22H24FN3O3. The van der Waals surface area contributed by atoms with Crippen LogP contribution in [-0.2, 0) is 15.1 Å². The molecule has 1 fully saturated rings. The molecule has 4 amide bonds. The normalized spacial score (nSPS) is 18.9. The van der Waals surface area contributed by atoms with Gasteiger partial charge in [-0.15, -0.1) is 0 Å². The highest BCUT2D eigenvalue weighted by molar-refractivity contribution is 6.10. The summed E-state index contributed by atoms with van der Waals surface area (Å²) in [5, 5.41) is 5.33. The van der Waals surface area contributed by atoms with E-state index in [1.54, 1.807) is 43.3 Å². The first-order valence-electron chi connectivity index (χ1n) is 9.48. The Labute approximate surface area is 169 Å². The maximum atomic E-state index is 13.7. The van der Waals surface area contributed by atoms with E-state index in [1.165, 1.54) is 6.07 Å². The molecule has 3 rings (SSSR count). The third kappa shape index (κ3) is 4.13. The van der Waals surface area contributed by atoms with Gasteiger partial charge in [-0.3, -0.25) is 14.5 Å². The van der Waals surface area contributed by atoms with E-state index in [1.807, 2.05) is 19.9 Å². The number of urea groups is 1. The Hall–Kier alpha value is -3.22. The number of hydrogen-bond acceptors (Lipinski definition) is 3. The average Bonchev–Trinajstić information content (AvgIpc) is 2.90. The Morgan fingerprint density at radius 2 is 1.86 bits per heavy atom. The van der Waals surface area contributed by atoms with Crippen molar-refractivity contribution in [1.82, 2.24) is 10.2 Å². The van der Waals surface area contributed by atoms with E-state index in [2.05, 4.69) is 10.6 Å². The van der Waals surface area contributed by atoms with Crippen LogP contribution in [0.3, 0.4) is 0 Å². The van der Waals surface area contributed by atoms with Crippen molar-refractivity contribution in [3.8, 4) is 0 Å². The molecule has 0 spiro atoms. The molecule has 1 aliphatic heterocycles. The van der Waals surface area contributed by atoms with Gasteiger partial charge in [0.15, 0.2) is 0 Å². The number of anilines is 1. The predicted octanol–water partition coefficient (Wildman–Crippen LogP) is 3.57. The van der Waals surface area contributed by atoms with Gasteiger partial charge in [-0.05, 0) is 42.5 Å². The van der Waals surface area contributed by atoms with Crippen LogP contribution in [-0.4, -0.2) is 29.3 Å². The van der Waals surface area contributed by atoms with Gasteiger partial charge in [0.2, 0.25) is 5.91 Å². The second kappa shape index (κ2) is 8.03. The molecule has 152 valence electrons. The standard InChI is InChI=1S/C22H24FN3O3/c1-14(2)12-22(16-7-5-4-6-8-16)20(28)26(21(29)25-22)13-19(27)24-17-10-9-15(3)18(23)11-17/h4-11,14H,12-13H2,1-3H3,(H,24,27)(H,25,29). The number of imide groups is 1. The molecule has 0 radical (unpaired) electrons. The van der Waals surface area contributed by atoms with Crippen LogP contribution in [0.4, 0.5) is 14.9 Å². The second-order valence-corrected chi connectivity index (χ2v) is 7.70. The molecule has 0 aliphatic carbocycles. The number of amides is 4. The van der Waals surface area contributed by atoms with Crippen molar-refractivity contribution in [2.24, 2.45) is 5.92 Å². The van der Waals surface area contributed by atoms with Crippen molar-refractivity contribution in [2.75, 3.05) is 11.9 Å². The predicted molar refractivity (Wildman–Crippen MR) is 108 cm³/mol. The lowest BCUT2D eigenvalue weighted by Gasteiger charge is -2.29. The minimum Gasteiger partial charge on any atom is -0.324 e. The summed E-state index contributed by atoms with van der Waals surface area (Å²) in [6, 6.07) is 12.7. The molecule has 2 aromatic carbocycles. The Morgan fingerprint density at radius 1 is 1.17 bits per heavy atom. The van der Waals surface area contributed by atoms with Crippen molar-refractivity contribution in [3.63, 3.8) is 0 Å². The van der Waals surface area contributed by atoms with E-state index in [0.717, 1.165) is 4.90 Å². The number of carbonyl (C=O) groups is 3. The summed E-state index contributed by atoms with van der Waals surface area (Å²) >= 11 is 0. The lowest BCUT2D eigenvalue weighted by molar-refractivity contribution is -0.134. The van der Waals surface area contributed by atoms with Gasteiger partial charge in [-0.1, -0.05) is 50.2 Å². The largest absolute Gasteiger partial charge is 0.325 e. The number of rotatable bonds is 6. The summed E-state index contributed by atoms with van der Waals surface area (Å²) in [6.07, 6.45) is 0.406. The molecule has 2 N–H and O–H groups in total. The zero-order valence-electron chi connectivity index (χ0n) is 16.7. The van der Waals surface area contributed by atoms with Gasteiger partial charge in [0, 0.05) is 5.69 Å². The molecule has 0 aromatic heterocycles. The van der Waals surface area contributed by atoms with E-state index in [0.29, 0.717) is 17.5 Å². The van der Waals surface area contributed by atoms with E-state index in [9.17, 15) is 18.8 Å². The monoisotopic (exact) mass is 397 g/mol. The minimum atomic E-state index is -1.21. The fourth-order valence-electron chi connectivity index (χ4n) is 3.57. The maximum Gasteiger partial charge on any atom is 0.325 e. The molecule has 0 bridgehead atoms. The van der Waals surface area contributed by atoms with Crippen molar-refractivity contribution >= 4 is 23.5 Å². The Bertz CT molecular complexity index is 946. The van der Waals surface area contributed by atoms with Gasteiger partial charge in [-0.2, -0.15) is 0 Å². The molecule has 29 heavy (non-hydrogen) atoms. The SMILES string of the molecule is Cc1ccc(NC(=O)CN2C(=O)NC(CC(C)C)(c3ccccc3)C2=O)cc1F. The smallest absolute Gasteiger partial charge is 0.324 e. The van der Waals surface area contributed by atoms with Crippen LogP contribution in [0.25, 0.3) is 0 Å². The Kier molecular flexibility index (Phi) is 5.68. The molecule has 2 aromatic rings. The number of nitrogens with one attached hydrogen (secondary N) is 2. The lowest BCUT2D eigenvalue weighted by Crippen LogP contribution is -2.45. The van der Waals surface area contributed by atoms with Crippen molar-refractivity contribution < 1.29 is 18.8 Å². The first-order valence-corrected chi connectivity index (χ1v) is 9.48. The van der Waals surface area contributed by atoms with Crippen LogP contribution >= 0.6 is 0 Å². The highest BCUT2D eigenvalue weighted by Gasteiger charge is 2.52. The molecule has 1 heterocycles. The van der Waals surface area contributed by atoms with Crippen LogP contribution in [0.15, 0.2) is 48.5 Å². The van der Waals surface area contributed by atoms with Gasteiger partial charge >= 0.3 is 6.03 Å². The molecule has 1 saturated heterocycles. The Morgan fingerprint density at radius 3 is 2.48 bits per heavy atom. The van der Waals surface area contributed by atoms with E-state index in [4.69, 9.17) is 0 Å². The topological polar surface area (TPSA) is 78.5 Å². The molecular weight excluding hydrogens is 373 g/mol. The summed E-state index contributed by atoms with van der Waals surface area (Å²) in [5.41, 5.74) is 0.193. The van der Waals surface area contributed by atoms with Gasteiger partial charge in [0.05, 0.1) is 0 Å². The summed E-state index contributed by atoms with van der Waals surface area (Å²) in [4.78, 5) is 39.2. The van der Waals surface area contributed by atoms with Crippen molar-refractivity contribution in [3.05, 3.63) is 65.5 Å². The molecule has 1 aliphatic rings. The molecule has 6 nitrogen and oxygen atoms in total. The van der Waals surface area contributed by atoms with Crippen LogP contribution in [0.1, 0.15) is 31.4 Å². The van der Waals surface area contributed by atoms with E-state index >= 15 is 0 Å². The minimum absolute atomic E-state index is 0.128. The van der Waals surface area contributed by atoms with Crippen molar-refractivity contribution in [2.45, 2.75) is 32.7 Å². The first-order chi connectivity index (χ1) is 13.7. The summed E-state index contributed by atoms with van der Waals surface area (Å²) in [5.74, 6) is -1.36. The molecule has 0 saturated carbocycles. The van der Waals surface area contributed by atoms with Crippen LogP contribution in [0.5, 0.6) is 0 Å². The molecule has 1 atom stereocenters. The van der Waals surface area contributed by atoms with Gasteiger partial charge < -0.3 is 10.6 Å². The number of nitrogens with zero attached hydrogens (tertiary/aromatic N) is 1. The number of halogens is 1. The van der Waals surface area contributed by atoms with Gasteiger partial charge in [0.25, 0.3) is 5.91 Å². The lowest BCUT2D eigenvalue weighted by atomic mass is 9.82. The fraction of sp³-hybridized carbons (Fsp3) is 0.318. The van der Waals surface area contributed by atoms with Crippen LogP contribution in [0, 0.1) is 18.7 Å². The highest BCUT2D eigenvalue weighted by atomic mass is 19.1. The van der Waals surface area contributed by atoms with Crippen LogP contribution in [0.2, 0.25) is 0 Å². The summed E-state index contributed by atoms with van der Waals surface area (Å²) < 4.78 is 13.7. The van der Waals surface area contributed by atoms with E-state index < -0.39 is 35.7 Å². The molecule has 1 unspecified atom stereocenters. The quantitative estimate of drug-likeness (QED) is 0.732. The van der Waals surface area contributed by atoms with Crippen LogP contribution < -0.4 is 10.6 Å². The summed E-state index contributed by atoms with van der Waals surface area (Å²) in [6.45, 7) is 5.09. The second-order valence-electron chi connectivity index (χ2n) is 7.70.